The van der Waals surface area contributed by atoms with E-state index in [1.54, 1.807) is 17.0 Å². The van der Waals surface area contributed by atoms with Crippen LogP contribution in [0.3, 0.4) is 0 Å². The van der Waals surface area contributed by atoms with Crippen molar-refractivity contribution in [1.29, 1.82) is 0 Å². The lowest BCUT2D eigenvalue weighted by atomic mass is 9.93. The zero-order chi connectivity index (χ0) is 17.9. The molecule has 0 aliphatic carbocycles. The van der Waals surface area contributed by atoms with Gasteiger partial charge in [-0.15, -0.1) is 0 Å². The van der Waals surface area contributed by atoms with Crippen LogP contribution < -0.4 is 5.32 Å². The molecule has 0 unspecified atom stereocenters. The number of carbonyl (C=O) groups excluding carboxylic acids is 2. The Kier molecular flexibility index (Phi) is 4.18. The highest BCUT2D eigenvalue weighted by Crippen LogP contribution is 2.25. The van der Waals surface area contributed by atoms with E-state index in [-0.39, 0.29) is 17.8 Å². The molecule has 1 atom stereocenters. The first kappa shape index (κ1) is 16.0. The molecule has 26 heavy (non-hydrogen) atoms. The van der Waals surface area contributed by atoms with Crippen molar-refractivity contribution >= 4 is 17.8 Å². The van der Waals surface area contributed by atoms with Gasteiger partial charge in [0.25, 0.3) is 5.91 Å². The van der Waals surface area contributed by atoms with Crippen molar-refractivity contribution in [2.75, 3.05) is 5.32 Å². The van der Waals surface area contributed by atoms with Crippen molar-refractivity contribution in [1.82, 2.24) is 20.1 Å². The Balaban J connectivity index is 1.66. The molecule has 2 N–H and O–H groups in total. The van der Waals surface area contributed by atoms with E-state index < -0.39 is 6.04 Å². The molecule has 2 amide bonds. The number of nitrogens with zero attached hydrogens (tertiary/aromatic N) is 3. The molecule has 0 radical (unpaired) electrons. The van der Waals surface area contributed by atoms with Crippen molar-refractivity contribution < 1.29 is 9.59 Å². The van der Waals surface area contributed by atoms with E-state index in [0.29, 0.717) is 18.5 Å². The van der Waals surface area contributed by atoms with Gasteiger partial charge in [0, 0.05) is 18.5 Å². The van der Waals surface area contributed by atoms with Crippen LogP contribution >= 0.6 is 0 Å². The van der Waals surface area contributed by atoms with Gasteiger partial charge in [0.15, 0.2) is 0 Å². The highest BCUT2D eigenvalue weighted by molar-refractivity contribution is 6.01. The largest absolute Gasteiger partial charge is 0.322 e. The minimum absolute atomic E-state index is 0.169. The average molecular weight is 347 g/mol. The second-order valence-electron chi connectivity index (χ2n) is 6.11. The Hall–Kier alpha value is -3.48. The van der Waals surface area contributed by atoms with Crippen molar-refractivity contribution in [2.24, 2.45) is 0 Å². The third-order valence-corrected chi connectivity index (χ3v) is 4.49. The van der Waals surface area contributed by atoms with E-state index in [1.807, 2.05) is 42.5 Å². The topological polar surface area (TPSA) is 91.0 Å². The molecule has 0 saturated carbocycles. The highest BCUT2D eigenvalue weighted by atomic mass is 16.2. The fourth-order valence-electron chi connectivity index (χ4n) is 3.18. The summed E-state index contributed by atoms with van der Waals surface area (Å²) in [5.74, 6) is -0.195. The number of H-pyrrole nitrogens is 1. The van der Waals surface area contributed by atoms with Crippen LogP contribution in [-0.2, 0) is 17.8 Å². The van der Waals surface area contributed by atoms with Gasteiger partial charge in [-0.2, -0.15) is 10.1 Å². The summed E-state index contributed by atoms with van der Waals surface area (Å²) in [6, 6.07) is 16.3. The van der Waals surface area contributed by atoms with E-state index >= 15 is 0 Å². The van der Waals surface area contributed by atoms with Gasteiger partial charge in [-0.3, -0.25) is 14.9 Å². The van der Waals surface area contributed by atoms with Crippen LogP contribution in [0.4, 0.5) is 5.95 Å². The second kappa shape index (κ2) is 6.79. The quantitative estimate of drug-likeness (QED) is 0.758. The lowest BCUT2D eigenvalue weighted by Gasteiger charge is -2.35. The third-order valence-electron chi connectivity index (χ3n) is 4.49. The summed E-state index contributed by atoms with van der Waals surface area (Å²) >= 11 is 0. The number of benzene rings is 2. The number of rotatable bonds is 3. The molecule has 2 heterocycles. The molecule has 0 bridgehead atoms. The monoisotopic (exact) mass is 347 g/mol. The van der Waals surface area contributed by atoms with E-state index in [1.165, 1.54) is 6.33 Å². The van der Waals surface area contributed by atoms with Crippen LogP contribution in [0.25, 0.3) is 0 Å². The van der Waals surface area contributed by atoms with Crippen molar-refractivity contribution in [2.45, 2.75) is 19.0 Å². The van der Waals surface area contributed by atoms with Gasteiger partial charge in [-0.05, 0) is 23.3 Å². The van der Waals surface area contributed by atoms with Crippen LogP contribution in [0.2, 0.25) is 0 Å². The normalized spacial score (nSPS) is 16.0. The van der Waals surface area contributed by atoms with Crippen LogP contribution in [0.15, 0.2) is 60.9 Å². The minimum Gasteiger partial charge on any atom is -0.322 e. The first-order chi connectivity index (χ1) is 12.7. The molecule has 2 aromatic carbocycles. The first-order valence-electron chi connectivity index (χ1n) is 8.31. The number of amides is 2. The van der Waals surface area contributed by atoms with Crippen LogP contribution in [0, 0.1) is 0 Å². The van der Waals surface area contributed by atoms with Crippen LogP contribution in [-0.4, -0.2) is 37.9 Å². The van der Waals surface area contributed by atoms with Gasteiger partial charge in [-0.1, -0.05) is 42.5 Å². The number of fused-ring (bicyclic) bond motifs is 1. The van der Waals surface area contributed by atoms with Crippen molar-refractivity contribution in [3.05, 3.63) is 77.6 Å². The first-order valence-corrected chi connectivity index (χ1v) is 8.31. The number of nitrogens with one attached hydrogen (secondary N) is 2. The Labute approximate surface area is 150 Å². The highest BCUT2D eigenvalue weighted by Gasteiger charge is 2.35. The molecule has 7 heteroatoms. The zero-order valence-corrected chi connectivity index (χ0v) is 13.9. The molecule has 0 saturated heterocycles. The summed E-state index contributed by atoms with van der Waals surface area (Å²) in [6.07, 6.45) is 1.77. The summed E-state index contributed by atoms with van der Waals surface area (Å²) in [4.78, 5) is 31.4. The maximum atomic E-state index is 13.0. The van der Waals surface area contributed by atoms with E-state index in [9.17, 15) is 9.59 Å². The van der Waals surface area contributed by atoms with Gasteiger partial charge in [-0.25, -0.2) is 5.10 Å². The fourth-order valence-corrected chi connectivity index (χ4v) is 3.18. The number of aromatic amines is 1. The molecule has 4 rings (SSSR count). The smallest absolute Gasteiger partial charge is 0.254 e. The molecule has 0 spiro atoms. The van der Waals surface area contributed by atoms with Gasteiger partial charge in [0.2, 0.25) is 11.9 Å². The lowest BCUT2D eigenvalue weighted by molar-refractivity contribution is -0.121. The SMILES string of the molecule is O=C(Nc1ncn[nH]1)[C@@H]1Cc2ccccc2CN1C(=O)c1ccccc1. The summed E-state index contributed by atoms with van der Waals surface area (Å²) < 4.78 is 0. The summed E-state index contributed by atoms with van der Waals surface area (Å²) in [5.41, 5.74) is 2.69. The number of carbonyl (C=O) groups is 2. The van der Waals surface area contributed by atoms with Gasteiger partial charge >= 0.3 is 0 Å². The number of hydrogen-bond donors (Lipinski definition) is 2. The molecule has 7 nitrogen and oxygen atoms in total. The van der Waals surface area contributed by atoms with Crippen LogP contribution in [0.1, 0.15) is 21.5 Å². The van der Waals surface area contributed by atoms with Crippen molar-refractivity contribution in [3.63, 3.8) is 0 Å². The second-order valence-corrected chi connectivity index (χ2v) is 6.11. The number of hydrogen-bond acceptors (Lipinski definition) is 4. The average Bonchev–Trinajstić information content (AvgIpc) is 3.20. The molecule has 3 aromatic rings. The summed E-state index contributed by atoms with van der Waals surface area (Å²) in [7, 11) is 0. The molecular weight excluding hydrogens is 330 g/mol. The minimum atomic E-state index is -0.622. The molecule has 1 aliphatic rings. The van der Waals surface area contributed by atoms with E-state index in [4.69, 9.17) is 0 Å². The maximum Gasteiger partial charge on any atom is 0.254 e. The van der Waals surface area contributed by atoms with Gasteiger partial charge in [0.05, 0.1) is 0 Å². The number of anilines is 1. The fraction of sp³-hybridized carbons (Fsp3) is 0.158. The molecule has 0 fully saturated rings. The van der Waals surface area contributed by atoms with Crippen LogP contribution in [0.5, 0.6) is 0 Å². The van der Waals surface area contributed by atoms with Gasteiger partial charge in [0.1, 0.15) is 12.4 Å². The predicted molar refractivity (Wildman–Crippen MR) is 95.3 cm³/mol. The molecular formula is C19H17N5O2. The van der Waals surface area contributed by atoms with E-state index in [0.717, 1.165) is 11.1 Å². The lowest BCUT2D eigenvalue weighted by Crippen LogP contribution is -2.50. The molecule has 1 aromatic heterocycles. The van der Waals surface area contributed by atoms with Crippen molar-refractivity contribution in [3.8, 4) is 0 Å². The Morgan fingerprint density at radius 2 is 1.77 bits per heavy atom. The van der Waals surface area contributed by atoms with Gasteiger partial charge < -0.3 is 4.90 Å². The summed E-state index contributed by atoms with van der Waals surface area (Å²) in [5, 5.41) is 9.03. The molecule has 130 valence electrons. The predicted octanol–water partition coefficient (Wildman–Crippen LogP) is 2.01. The Morgan fingerprint density at radius 1 is 1.04 bits per heavy atom. The third kappa shape index (κ3) is 3.06. The zero-order valence-electron chi connectivity index (χ0n) is 13.9. The Bertz CT molecular complexity index is 924. The summed E-state index contributed by atoms with van der Waals surface area (Å²) in [6.45, 7) is 0.387. The maximum absolute atomic E-state index is 13.0. The number of aromatic nitrogens is 3. The van der Waals surface area contributed by atoms with E-state index in [2.05, 4.69) is 20.5 Å². The Morgan fingerprint density at radius 3 is 2.50 bits per heavy atom. The molecule has 1 aliphatic heterocycles. The standard InChI is InChI=1S/C19H17N5O2/c25-17(22-19-20-12-21-23-19)16-10-14-8-4-5-9-15(14)11-24(16)18(26)13-6-2-1-3-7-13/h1-9,12,16H,10-11H2,(H2,20,21,22,23,25)/t16-/m0/s1.